The molecule has 0 saturated heterocycles. The highest BCUT2D eigenvalue weighted by atomic mass is 16.1. The van der Waals surface area contributed by atoms with Crippen LogP contribution >= 0.6 is 0 Å². The molecule has 3 heteroatoms. The predicted octanol–water partition coefficient (Wildman–Crippen LogP) is 3.42. The van der Waals surface area contributed by atoms with E-state index >= 15 is 0 Å². The van der Waals surface area contributed by atoms with Gasteiger partial charge in [0.1, 0.15) is 0 Å². The Kier molecular flexibility index (Phi) is 2.82. The summed E-state index contributed by atoms with van der Waals surface area (Å²) in [5.41, 5.74) is 2.05. The van der Waals surface area contributed by atoms with Crippen molar-refractivity contribution in [1.29, 1.82) is 0 Å². The van der Waals surface area contributed by atoms with E-state index in [9.17, 15) is 9.59 Å². The van der Waals surface area contributed by atoms with E-state index in [1.54, 1.807) is 6.20 Å². The van der Waals surface area contributed by atoms with Gasteiger partial charge in [0.05, 0.1) is 5.56 Å². The average Bonchev–Trinajstić information content (AvgIpc) is 3.21. The number of pyridine rings is 1. The maximum absolute atomic E-state index is 12.5. The fraction of sp³-hybridized carbons (Fsp3) is 0.412. The van der Waals surface area contributed by atoms with Crippen molar-refractivity contribution in [1.82, 2.24) is 4.98 Å². The smallest absolute Gasteiger partial charge is 0.200 e. The zero-order valence-corrected chi connectivity index (χ0v) is 12.1. The molecule has 1 aliphatic carbocycles. The summed E-state index contributed by atoms with van der Waals surface area (Å²) in [6.45, 7) is 6.34. The largest absolute Gasteiger partial charge is 0.360 e. The molecule has 104 valence electrons. The molecule has 1 heterocycles. The summed E-state index contributed by atoms with van der Waals surface area (Å²) in [5, 5.41) is 0.615. The van der Waals surface area contributed by atoms with Crippen LogP contribution in [0.1, 0.15) is 49.5 Å². The van der Waals surface area contributed by atoms with Crippen molar-refractivity contribution in [2.24, 2.45) is 5.92 Å². The fourth-order valence-electron chi connectivity index (χ4n) is 2.43. The molecule has 0 radical (unpaired) electrons. The number of Topliss-reactive ketones (excluding diaryl/α,β-unsaturated/α-hetero) is 1. The second-order valence-corrected chi connectivity index (χ2v) is 6.68. The van der Waals surface area contributed by atoms with E-state index in [2.05, 4.69) is 25.8 Å². The van der Waals surface area contributed by atoms with Crippen LogP contribution in [0.2, 0.25) is 0 Å². The molecule has 1 N–H and O–H groups in total. The number of aromatic amines is 1. The number of rotatable bonds is 2. The first-order chi connectivity index (χ1) is 9.38. The van der Waals surface area contributed by atoms with Gasteiger partial charge in [0, 0.05) is 23.0 Å². The third-order valence-electron chi connectivity index (χ3n) is 3.96. The van der Waals surface area contributed by atoms with Gasteiger partial charge in [-0.25, -0.2) is 0 Å². The van der Waals surface area contributed by atoms with Crippen LogP contribution < -0.4 is 5.43 Å². The minimum absolute atomic E-state index is 0.00527. The van der Waals surface area contributed by atoms with E-state index in [0.29, 0.717) is 10.9 Å². The van der Waals surface area contributed by atoms with Gasteiger partial charge in [-0.1, -0.05) is 26.8 Å². The lowest BCUT2D eigenvalue weighted by atomic mass is 9.86. The second kappa shape index (κ2) is 4.30. The summed E-state index contributed by atoms with van der Waals surface area (Å²) in [7, 11) is 0. The van der Waals surface area contributed by atoms with Crippen molar-refractivity contribution in [3.63, 3.8) is 0 Å². The fourth-order valence-corrected chi connectivity index (χ4v) is 2.43. The number of aromatic nitrogens is 1. The Bertz CT molecular complexity index is 746. The lowest BCUT2D eigenvalue weighted by molar-refractivity contribution is 0.0966. The number of hydrogen-bond donors (Lipinski definition) is 1. The van der Waals surface area contributed by atoms with Gasteiger partial charge in [-0.15, -0.1) is 0 Å². The predicted molar refractivity (Wildman–Crippen MR) is 80.3 cm³/mol. The maximum Gasteiger partial charge on any atom is 0.200 e. The molecule has 1 aliphatic rings. The monoisotopic (exact) mass is 269 g/mol. The Morgan fingerprint density at radius 3 is 2.55 bits per heavy atom. The van der Waals surface area contributed by atoms with Crippen molar-refractivity contribution in [3.8, 4) is 0 Å². The van der Waals surface area contributed by atoms with Gasteiger partial charge in [0.2, 0.25) is 0 Å². The highest BCUT2D eigenvalue weighted by molar-refractivity contribution is 6.01. The van der Waals surface area contributed by atoms with Gasteiger partial charge in [-0.3, -0.25) is 9.59 Å². The maximum atomic E-state index is 12.5. The summed E-state index contributed by atoms with van der Waals surface area (Å²) >= 11 is 0. The van der Waals surface area contributed by atoms with Gasteiger partial charge in [0.15, 0.2) is 11.2 Å². The third kappa shape index (κ3) is 2.17. The molecule has 0 spiro atoms. The van der Waals surface area contributed by atoms with E-state index in [1.165, 1.54) is 0 Å². The molecule has 3 nitrogen and oxygen atoms in total. The average molecular weight is 269 g/mol. The van der Waals surface area contributed by atoms with E-state index < -0.39 is 0 Å². The minimum atomic E-state index is -0.137. The topological polar surface area (TPSA) is 49.9 Å². The van der Waals surface area contributed by atoms with Gasteiger partial charge < -0.3 is 4.98 Å². The zero-order valence-electron chi connectivity index (χ0n) is 12.1. The van der Waals surface area contributed by atoms with Crippen LogP contribution in [0.25, 0.3) is 10.9 Å². The Labute approximate surface area is 118 Å². The summed E-state index contributed by atoms with van der Waals surface area (Å²) in [6.07, 6.45) is 3.40. The van der Waals surface area contributed by atoms with Crippen molar-refractivity contribution in [2.75, 3.05) is 0 Å². The minimum Gasteiger partial charge on any atom is -0.360 e. The summed E-state index contributed by atoms with van der Waals surface area (Å²) in [6, 6.07) is 5.86. The number of fused-ring (bicyclic) bond motifs is 1. The molecule has 1 fully saturated rings. The lowest BCUT2D eigenvalue weighted by Gasteiger charge is -2.19. The standard InChI is InChI=1S/C17H19NO2/c1-17(2,3)11-6-7-14-12(8-11)16(20)13(9-18-14)15(19)10-4-5-10/h6-10H,4-5H2,1-3H3,(H,18,20). The Morgan fingerprint density at radius 1 is 1.25 bits per heavy atom. The van der Waals surface area contributed by atoms with Crippen LogP contribution in [0.15, 0.2) is 29.2 Å². The van der Waals surface area contributed by atoms with Gasteiger partial charge in [-0.05, 0) is 36.0 Å². The Hall–Kier alpha value is -1.90. The molecule has 2 aromatic rings. The molecule has 3 rings (SSSR count). The van der Waals surface area contributed by atoms with E-state index in [0.717, 1.165) is 23.9 Å². The van der Waals surface area contributed by atoms with Crippen LogP contribution in [0.5, 0.6) is 0 Å². The van der Waals surface area contributed by atoms with Crippen LogP contribution in [0.4, 0.5) is 0 Å². The number of carbonyl (C=O) groups is 1. The molecule has 1 saturated carbocycles. The van der Waals surface area contributed by atoms with Crippen LogP contribution in [0.3, 0.4) is 0 Å². The first-order valence-corrected chi connectivity index (χ1v) is 7.08. The van der Waals surface area contributed by atoms with Crippen molar-refractivity contribution in [2.45, 2.75) is 39.0 Å². The summed E-state index contributed by atoms with van der Waals surface area (Å²) in [5.74, 6) is 0.0636. The van der Waals surface area contributed by atoms with Gasteiger partial charge in [0.25, 0.3) is 0 Å². The first kappa shape index (κ1) is 13.1. The molecule has 1 aromatic heterocycles. The Morgan fingerprint density at radius 2 is 1.95 bits per heavy atom. The molecule has 0 unspecified atom stereocenters. The van der Waals surface area contributed by atoms with E-state index in [-0.39, 0.29) is 22.5 Å². The van der Waals surface area contributed by atoms with E-state index in [1.807, 2.05) is 18.2 Å². The molecule has 0 bridgehead atoms. The normalized spacial score (nSPS) is 15.6. The van der Waals surface area contributed by atoms with E-state index in [4.69, 9.17) is 0 Å². The number of benzene rings is 1. The number of ketones is 1. The molecule has 0 aliphatic heterocycles. The molecule has 1 aromatic carbocycles. The molecule has 20 heavy (non-hydrogen) atoms. The molecule has 0 amide bonds. The molecular formula is C17H19NO2. The molecular weight excluding hydrogens is 250 g/mol. The summed E-state index contributed by atoms with van der Waals surface area (Å²) in [4.78, 5) is 27.8. The number of hydrogen-bond acceptors (Lipinski definition) is 2. The molecule has 0 atom stereocenters. The highest BCUT2D eigenvalue weighted by Crippen LogP contribution is 2.32. The van der Waals surface area contributed by atoms with Crippen molar-refractivity contribution >= 4 is 16.7 Å². The van der Waals surface area contributed by atoms with Crippen LogP contribution in [-0.2, 0) is 5.41 Å². The third-order valence-corrected chi connectivity index (χ3v) is 3.96. The van der Waals surface area contributed by atoms with Crippen LogP contribution in [-0.4, -0.2) is 10.8 Å². The zero-order chi connectivity index (χ0) is 14.5. The quantitative estimate of drug-likeness (QED) is 0.849. The first-order valence-electron chi connectivity index (χ1n) is 7.08. The highest BCUT2D eigenvalue weighted by Gasteiger charge is 2.32. The van der Waals surface area contributed by atoms with Crippen molar-refractivity contribution < 1.29 is 4.79 Å². The lowest BCUT2D eigenvalue weighted by Crippen LogP contribution is -2.18. The van der Waals surface area contributed by atoms with Gasteiger partial charge >= 0.3 is 0 Å². The number of H-pyrrole nitrogens is 1. The number of nitrogens with one attached hydrogen (secondary N) is 1. The number of carbonyl (C=O) groups excluding carboxylic acids is 1. The summed E-state index contributed by atoms with van der Waals surface area (Å²) < 4.78 is 0. The van der Waals surface area contributed by atoms with Crippen LogP contribution in [0, 0.1) is 5.92 Å². The van der Waals surface area contributed by atoms with Gasteiger partial charge in [-0.2, -0.15) is 0 Å². The second-order valence-electron chi connectivity index (χ2n) is 6.68. The van der Waals surface area contributed by atoms with Crippen molar-refractivity contribution in [3.05, 3.63) is 45.7 Å². The SMILES string of the molecule is CC(C)(C)c1ccc2[nH]cc(C(=O)C3CC3)c(=O)c2c1. The Balaban J connectivity index is 2.19.